The summed E-state index contributed by atoms with van der Waals surface area (Å²) in [6.07, 6.45) is 0. The third-order valence-corrected chi connectivity index (χ3v) is 2.95. The van der Waals surface area contributed by atoms with E-state index in [1.807, 2.05) is 0 Å². The summed E-state index contributed by atoms with van der Waals surface area (Å²) < 4.78 is 4.49. The minimum Gasteiger partial charge on any atom is -0.467 e. The second-order valence-electron chi connectivity index (χ2n) is 3.46. The van der Waals surface area contributed by atoms with Gasteiger partial charge in [-0.15, -0.1) is 0 Å². The van der Waals surface area contributed by atoms with Crippen LogP contribution in [0.2, 0.25) is 15.1 Å². The van der Waals surface area contributed by atoms with Crippen LogP contribution in [0.5, 0.6) is 0 Å². The summed E-state index contributed by atoms with van der Waals surface area (Å²) in [6, 6.07) is 1.99. The molecule has 1 atom stereocenters. The molecule has 0 heterocycles. The predicted octanol–water partition coefficient (Wildman–Crippen LogP) is 2.94. The molecule has 1 unspecified atom stereocenters. The van der Waals surface area contributed by atoms with Crippen molar-refractivity contribution in [2.45, 2.75) is 13.0 Å². The monoisotopic (exact) mass is 309 g/mol. The van der Waals surface area contributed by atoms with Gasteiger partial charge in [0.15, 0.2) is 0 Å². The number of ether oxygens (including phenoxy) is 1. The molecule has 4 nitrogen and oxygen atoms in total. The smallest absolute Gasteiger partial charge is 0.328 e. The lowest BCUT2D eigenvalue weighted by atomic mass is 10.2. The van der Waals surface area contributed by atoms with Gasteiger partial charge in [-0.3, -0.25) is 4.79 Å². The first kappa shape index (κ1) is 15.1. The Kier molecular flexibility index (Phi) is 5.26. The van der Waals surface area contributed by atoms with E-state index in [1.54, 1.807) is 0 Å². The van der Waals surface area contributed by atoms with Crippen molar-refractivity contribution in [3.05, 3.63) is 32.8 Å². The van der Waals surface area contributed by atoms with Gasteiger partial charge in [-0.25, -0.2) is 4.79 Å². The Morgan fingerprint density at radius 3 is 2.17 bits per heavy atom. The second kappa shape index (κ2) is 6.27. The van der Waals surface area contributed by atoms with Crippen LogP contribution in [0, 0.1) is 0 Å². The topological polar surface area (TPSA) is 55.4 Å². The molecular formula is C11H10Cl3NO3. The Labute approximate surface area is 119 Å². The maximum atomic E-state index is 11.9. The third kappa shape index (κ3) is 3.51. The summed E-state index contributed by atoms with van der Waals surface area (Å²) in [7, 11) is 1.23. The lowest BCUT2D eigenvalue weighted by molar-refractivity contribution is -0.142. The molecule has 0 bridgehead atoms. The van der Waals surface area contributed by atoms with E-state index < -0.39 is 17.9 Å². The number of esters is 1. The Hall–Kier alpha value is -0.970. The first-order chi connectivity index (χ1) is 8.36. The van der Waals surface area contributed by atoms with Crippen molar-refractivity contribution >= 4 is 46.7 Å². The van der Waals surface area contributed by atoms with Crippen molar-refractivity contribution < 1.29 is 14.3 Å². The zero-order valence-corrected chi connectivity index (χ0v) is 11.9. The van der Waals surface area contributed by atoms with E-state index in [2.05, 4.69) is 10.1 Å². The van der Waals surface area contributed by atoms with E-state index in [1.165, 1.54) is 26.2 Å². The standard InChI is InChI=1S/C11H10Cl3NO3/c1-5(11(17)18-2)15-10(16)9-7(13)3-6(12)4-8(9)14/h3-5H,1-2H3,(H,15,16). The van der Waals surface area contributed by atoms with Crippen LogP contribution in [0.1, 0.15) is 17.3 Å². The molecule has 0 saturated carbocycles. The molecule has 0 fully saturated rings. The molecule has 1 aromatic carbocycles. The van der Waals surface area contributed by atoms with E-state index in [4.69, 9.17) is 34.8 Å². The Morgan fingerprint density at radius 1 is 1.22 bits per heavy atom. The largest absolute Gasteiger partial charge is 0.467 e. The highest BCUT2D eigenvalue weighted by molar-refractivity contribution is 6.42. The molecule has 0 aliphatic heterocycles. The number of benzene rings is 1. The van der Waals surface area contributed by atoms with Gasteiger partial charge in [0.25, 0.3) is 5.91 Å². The van der Waals surface area contributed by atoms with Crippen LogP contribution in [-0.2, 0) is 9.53 Å². The average Bonchev–Trinajstić information content (AvgIpc) is 2.26. The Balaban J connectivity index is 2.95. The summed E-state index contributed by atoms with van der Waals surface area (Å²) in [5, 5.41) is 2.97. The summed E-state index contributed by atoms with van der Waals surface area (Å²) in [4.78, 5) is 23.1. The zero-order valence-electron chi connectivity index (χ0n) is 9.59. The van der Waals surface area contributed by atoms with Crippen molar-refractivity contribution in [1.29, 1.82) is 0 Å². The number of hydrogen-bond acceptors (Lipinski definition) is 3. The molecule has 0 aromatic heterocycles. The van der Waals surface area contributed by atoms with Gasteiger partial charge >= 0.3 is 5.97 Å². The number of hydrogen-bond donors (Lipinski definition) is 1. The molecule has 98 valence electrons. The van der Waals surface area contributed by atoms with Gasteiger partial charge in [0.05, 0.1) is 22.7 Å². The fraction of sp³-hybridized carbons (Fsp3) is 0.273. The zero-order chi connectivity index (χ0) is 13.9. The number of amides is 1. The average molecular weight is 311 g/mol. The van der Waals surface area contributed by atoms with Crippen LogP contribution in [0.4, 0.5) is 0 Å². The molecule has 1 amide bonds. The van der Waals surface area contributed by atoms with Gasteiger partial charge in [0.2, 0.25) is 0 Å². The van der Waals surface area contributed by atoms with Gasteiger partial charge in [-0.1, -0.05) is 34.8 Å². The lowest BCUT2D eigenvalue weighted by Gasteiger charge is -2.13. The van der Waals surface area contributed by atoms with E-state index in [9.17, 15) is 9.59 Å². The molecule has 0 aliphatic rings. The number of nitrogens with one attached hydrogen (secondary N) is 1. The maximum Gasteiger partial charge on any atom is 0.328 e. The van der Waals surface area contributed by atoms with Gasteiger partial charge in [0.1, 0.15) is 6.04 Å². The summed E-state index contributed by atoms with van der Waals surface area (Å²) in [5.41, 5.74) is 0.0680. The van der Waals surface area contributed by atoms with Crippen molar-refractivity contribution in [3.63, 3.8) is 0 Å². The Morgan fingerprint density at radius 2 is 1.72 bits per heavy atom. The van der Waals surface area contributed by atoms with E-state index in [0.29, 0.717) is 5.02 Å². The van der Waals surface area contributed by atoms with Gasteiger partial charge < -0.3 is 10.1 Å². The molecule has 7 heteroatoms. The molecule has 0 spiro atoms. The SMILES string of the molecule is COC(=O)C(C)NC(=O)c1c(Cl)cc(Cl)cc1Cl. The first-order valence-corrected chi connectivity index (χ1v) is 6.03. The summed E-state index contributed by atoms with van der Waals surface area (Å²) in [5.74, 6) is -1.14. The normalized spacial score (nSPS) is 11.8. The molecule has 0 radical (unpaired) electrons. The number of rotatable bonds is 3. The molecule has 18 heavy (non-hydrogen) atoms. The molecule has 1 N–H and O–H groups in total. The van der Waals surface area contributed by atoms with Gasteiger partial charge in [-0.05, 0) is 19.1 Å². The highest BCUT2D eigenvalue weighted by Crippen LogP contribution is 2.28. The second-order valence-corrected chi connectivity index (χ2v) is 4.71. The van der Waals surface area contributed by atoms with E-state index >= 15 is 0 Å². The summed E-state index contributed by atoms with van der Waals surface area (Å²) >= 11 is 17.5. The quantitative estimate of drug-likeness (QED) is 0.873. The molecule has 1 aromatic rings. The van der Waals surface area contributed by atoms with Crippen LogP contribution >= 0.6 is 34.8 Å². The van der Waals surface area contributed by atoms with Crippen molar-refractivity contribution in [2.24, 2.45) is 0 Å². The van der Waals surface area contributed by atoms with Crippen molar-refractivity contribution in [2.75, 3.05) is 7.11 Å². The number of carbonyl (C=O) groups is 2. The van der Waals surface area contributed by atoms with Crippen LogP contribution in [0.25, 0.3) is 0 Å². The van der Waals surface area contributed by atoms with Crippen LogP contribution in [0.3, 0.4) is 0 Å². The number of carbonyl (C=O) groups excluding carboxylic acids is 2. The minimum atomic E-state index is -0.801. The third-order valence-electron chi connectivity index (χ3n) is 2.14. The molecular weight excluding hydrogens is 300 g/mol. The van der Waals surface area contributed by atoms with Crippen LogP contribution in [-0.4, -0.2) is 25.0 Å². The van der Waals surface area contributed by atoms with Crippen LogP contribution in [0.15, 0.2) is 12.1 Å². The molecule has 1 rings (SSSR count). The minimum absolute atomic E-state index is 0.0680. The maximum absolute atomic E-state index is 11.9. The van der Waals surface area contributed by atoms with Crippen LogP contribution < -0.4 is 5.32 Å². The molecule has 0 aliphatic carbocycles. The summed E-state index contributed by atoms with van der Waals surface area (Å²) in [6.45, 7) is 1.49. The molecule has 0 saturated heterocycles. The van der Waals surface area contributed by atoms with Gasteiger partial charge in [0, 0.05) is 5.02 Å². The fourth-order valence-corrected chi connectivity index (χ4v) is 2.25. The predicted molar refractivity (Wildman–Crippen MR) is 70.4 cm³/mol. The lowest BCUT2D eigenvalue weighted by Crippen LogP contribution is -2.39. The fourth-order valence-electron chi connectivity index (χ4n) is 1.26. The highest BCUT2D eigenvalue weighted by atomic mass is 35.5. The number of methoxy groups -OCH3 is 1. The first-order valence-electron chi connectivity index (χ1n) is 4.90. The van der Waals surface area contributed by atoms with Crippen molar-refractivity contribution in [3.8, 4) is 0 Å². The highest BCUT2D eigenvalue weighted by Gasteiger charge is 2.21. The van der Waals surface area contributed by atoms with Crippen molar-refractivity contribution in [1.82, 2.24) is 5.32 Å². The van der Waals surface area contributed by atoms with E-state index in [-0.39, 0.29) is 15.6 Å². The number of halogens is 3. The van der Waals surface area contributed by atoms with Gasteiger partial charge in [-0.2, -0.15) is 0 Å². The Bertz CT molecular complexity index is 467. The van der Waals surface area contributed by atoms with E-state index in [0.717, 1.165) is 0 Å².